The third-order valence-corrected chi connectivity index (χ3v) is 5.08. The first-order valence-electron chi connectivity index (χ1n) is 7.12. The average Bonchev–Trinajstić information content (AvgIpc) is 2.41. The number of carbonyl (C=O) groups is 1. The number of piperazine rings is 1. The highest BCUT2D eigenvalue weighted by Crippen LogP contribution is 2.10. The molecule has 2 aliphatic rings. The Hall–Kier alpha value is 0.570. The summed E-state index contributed by atoms with van der Waals surface area (Å²) in [6.45, 7) is 5.02. The second-order valence-corrected chi connectivity index (χ2v) is 6.78. The van der Waals surface area contributed by atoms with Crippen molar-refractivity contribution in [2.24, 2.45) is 0 Å². The highest BCUT2D eigenvalue weighted by molar-refractivity contribution is 7.99. The van der Waals surface area contributed by atoms with Crippen LogP contribution in [0.3, 0.4) is 0 Å². The summed E-state index contributed by atoms with van der Waals surface area (Å²) in [6.07, 6.45) is 0.610. The van der Waals surface area contributed by atoms with E-state index in [1.54, 1.807) is 0 Å². The molecule has 134 valence electrons. The van der Waals surface area contributed by atoms with Crippen LogP contribution in [0.2, 0.25) is 0 Å². The topological polar surface area (TPSA) is 47.6 Å². The summed E-state index contributed by atoms with van der Waals surface area (Å²) in [5, 5.41) is 6.50. The van der Waals surface area contributed by atoms with E-state index in [1.165, 1.54) is 0 Å². The third-order valence-electron chi connectivity index (χ3n) is 3.95. The number of rotatable bonds is 4. The summed E-state index contributed by atoms with van der Waals surface area (Å²) in [7, 11) is 4.29. The van der Waals surface area contributed by atoms with Crippen molar-refractivity contribution in [3.8, 4) is 0 Å². The Morgan fingerprint density at radius 2 is 2.00 bits per heavy atom. The summed E-state index contributed by atoms with van der Waals surface area (Å²) in [5.41, 5.74) is 0. The Morgan fingerprint density at radius 1 is 1.27 bits per heavy atom. The maximum atomic E-state index is 11.9. The first-order valence-corrected chi connectivity index (χ1v) is 8.27. The Labute approximate surface area is 156 Å². The Balaban J connectivity index is 0. The molecular weight excluding hydrogens is 367 g/mol. The number of hydrogen-bond acceptors (Lipinski definition) is 5. The number of nitrogens with one attached hydrogen (secondary N) is 2. The summed E-state index contributed by atoms with van der Waals surface area (Å²) >= 11 is 1.93. The molecular formula is C13H29Cl3N4OS. The molecule has 2 saturated heterocycles. The molecule has 0 aliphatic carbocycles. The van der Waals surface area contributed by atoms with Crippen molar-refractivity contribution in [2.45, 2.75) is 18.5 Å². The monoisotopic (exact) mass is 394 g/mol. The molecule has 0 aromatic carbocycles. The second-order valence-electron chi connectivity index (χ2n) is 5.63. The highest BCUT2D eigenvalue weighted by atomic mass is 35.5. The first-order chi connectivity index (χ1) is 9.15. The average molecular weight is 396 g/mol. The Bertz CT molecular complexity index is 309. The van der Waals surface area contributed by atoms with Crippen molar-refractivity contribution in [3.63, 3.8) is 0 Å². The van der Waals surface area contributed by atoms with Crippen molar-refractivity contribution in [1.82, 2.24) is 20.4 Å². The van der Waals surface area contributed by atoms with Gasteiger partial charge < -0.3 is 15.5 Å². The molecule has 2 atom stereocenters. The van der Waals surface area contributed by atoms with E-state index >= 15 is 0 Å². The Morgan fingerprint density at radius 3 is 2.64 bits per heavy atom. The van der Waals surface area contributed by atoms with Gasteiger partial charge in [-0.05, 0) is 14.1 Å². The van der Waals surface area contributed by atoms with Crippen molar-refractivity contribution in [2.75, 3.05) is 58.3 Å². The maximum absolute atomic E-state index is 11.9. The number of halogens is 3. The summed E-state index contributed by atoms with van der Waals surface area (Å²) in [5.74, 6) is 2.40. The molecule has 0 saturated carbocycles. The molecule has 0 spiro atoms. The van der Waals surface area contributed by atoms with Gasteiger partial charge in [-0.3, -0.25) is 9.69 Å². The maximum Gasteiger partial charge on any atom is 0.221 e. The molecule has 2 heterocycles. The van der Waals surface area contributed by atoms with Gasteiger partial charge in [0.2, 0.25) is 5.91 Å². The molecule has 2 rings (SSSR count). The van der Waals surface area contributed by atoms with Gasteiger partial charge in [0.05, 0.1) is 0 Å². The smallest absolute Gasteiger partial charge is 0.221 e. The summed E-state index contributed by atoms with van der Waals surface area (Å²) < 4.78 is 0. The zero-order chi connectivity index (χ0) is 13.7. The lowest BCUT2D eigenvalue weighted by molar-refractivity contribution is -0.121. The largest absolute Gasteiger partial charge is 0.354 e. The molecule has 0 aromatic rings. The number of thioether (sulfide) groups is 1. The fourth-order valence-electron chi connectivity index (χ4n) is 2.60. The van der Waals surface area contributed by atoms with Crippen LogP contribution in [0.15, 0.2) is 0 Å². The molecule has 9 heteroatoms. The number of nitrogens with zero attached hydrogens (tertiary/aromatic N) is 2. The van der Waals surface area contributed by atoms with Gasteiger partial charge in [0.25, 0.3) is 0 Å². The molecule has 2 N–H and O–H groups in total. The molecule has 1 amide bonds. The van der Waals surface area contributed by atoms with E-state index < -0.39 is 0 Å². The van der Waals surface area contributed by atoms with Crippen LogP contribution in [0, 0.1) is 0 Å². The lowest BCUT2D eigenvalue weighted by Gasteiger charge is -2.37. The molecule has 2 fully saturated rings. The van der Waals surface area contributed by atoms with Crippen LogP contribution in [0.25, 0.3) is 0 Å². The van der Waals surface area contributed by atoms with Crippen LogP contribution in [-0.4, -0.2) is 86.1 Å². The number of hydrogen-bond donors (Lipinski definition) is 2. The van der Waals surface area contributed by atoms with E-state index in [0.29, 0.717) is 18.5 Å². The van der Waals surface area contributed by atoms with E-state index in [1.807, 2.05) is 11.8 Å². The molecule has 0 bridgehead atoms. The van der Waals surface area contributed by atoms with Gasteiger partial charge in [-0.1, -0.05) is 0 Å². The fraction of sp³-hybridized carbons (Fsp3) is 0.923. The van der Waals surface area contributed by atoms with Crippen molar-refractivity contribution in [1.29, 1.82) is 0 Å². The van der Waals surface area contributed by atoms with Gasteiger partial charge in [0.1, 0.15) is 0 Å². The minimum atomic E-state index is 0. The second kappa shape index (κ2) is 12.9. The van der Waals surface area contributed by atoms with E-state index in [0.717, 1.165) is 44.2 Å². The molecule has 0 radical (unpaired) electrons. The summed E-state index contributed by atoms with van der Waals surface area (Å²) in [6, 6.07) is 0.793. The minimum Gasteiger partial charge on any atom is -0.354 e. The predicted molar refractivity (Wildman–Crippen MR) is 102 cm³/mol. The van der Waals surface area contributed by atoms with Gasteiger partial charge in [-0.2, -0.15) is 11.8 Å². The van der Waals surface area contributed by atoms with Gasteiger partial charge in [0, 0.05) is 62.7 Å². The van der Waals surface area contributed by atoms with Crippen LogP contribution >= 0.6 is 49.0 Å². The fourth-order valence-corrected chi connectivity index (χ4v) is 3.55. The third kappa shape index (κ3) is 8.43. The van der Waals surface area contributed by atoms with Crippen LogP contribution in [0.5, 0.6) is 0 Å². The van der Waals surface area contributed by atoms with Crippen molar-refractivity contribution >= 4 is 54.9 Å². The van der Waals surface area contributed by atoms with Gasteiger partial charge in [0.15, 0.2) is 0 Å². The number of amides is 1. The predicted octanol–water partition coefficient (Wildman–Crippen LogP) is 0.709. The van der Waals surface area contributed by atoms with Crippen LogP contribution in [0.4, 0.5) is 0 Å². The van der Waals surface area contributed by atoms with Gasteiger partial charge in [-0.25, -0.2) is 0 Å². The summed E-state index contributed by atoms with van der Waals surface area (Å²) in [4.78, 5) is 16.6. The zero-order valence-electron chi connectivity index (χ0n) is 13.2. The molecule has 2 unspecified atom stereocenters. The number of likely N-dealkylation sites (N-methyl/N-ethyl adjacent to an activating group) is 2. The SMILES string of the molecule is CN1CCN(C)C(CNC(=O)CC2CSCCN2)C1.Cl.Cl.Cl. The lowest BCUT2D eigenvalue weighted by Crippen LogP contribution is -2.54. The number of carbonyl (C=O) groups excluding carboxylic acids is 1. The van der Waals surface area contributed by atoms with Crippen LogP contribution in [0.1, 0.15) is 6.42 Å². The van der Waals surface area contributed by atoms with E-state index in [4.69, 9.17) is 0 Å². The van der Waals surface area contributed by atoms with Crippen LogP contribution in [-0.2, 0) is 4.79 Å². The quantitative estimate of drug-likeness (QED) is 0.734. The van der Waals surface area contributed by atoms with Crippen molar-refractivity contribution in [3.05, 3.63) is 0 Å². The minimum absolute atomic E-state index is 0. The molecule has 22 heavy (non-hydrogen) atoms. The van der Waals surface area contributed by atoms with Gasteiger partial charge in [-0.15, -0.1) is 37.2 Å². The van der Waals surface area contributed by atoms with E-state index in [9.17, 15) is 4.79 Å². The Kier molecular flexibility index (Phi) is 14.6. The molecule has 0 aromatic heterocycles. The van der Waals surface area contributed by atoms with Crippen molar-refractivity contribution < 1.29 is 4.79 Å². The van der Waals surface area contributed by atoms with Gasteiger partial charge >= 0.3 is 0 Å². The standard InChI is InChI=1S/C13H26N4OS.3ClH/c1-16-4-5-17(2)12(9-16)8-15-13(18)7-11-10-19-6-3-14-11;;;/h11-12,14H,3-10H2,1-2H3,(H,15,18);3*1H. The van der Waals surface area contributed by atoms with Crippen LogP contribution < -0.4 is 10.6 Å². The first kappa shape index (κ1) is 24.8. The van der Waals surface area contributed by atoms with E-state index in [2.05, 4.69) is 34.5 Å². The highest BCUT2D eigenvalue weighted by Gasteiger charge is 2.23. The normalized spacial score (nSPS) is 26.1. The van der Waals surface area contributed by atoms with E-state index in [-0.39, 0.29) is 43.1 Å². The zero-order valence-corrected chi connectivity index (χ0v) is 16.5. The lowest BCUT2D eigenvalue weighted by atomic mass is 10.1. The molecule has 5 nitrogen and oxygen atoms in total. The molecule has 2 aliphatic heterocycles.